The molecule has 2 heterocycles. The molecule has 1 atom stereocenters. The molecule has 5 nitrogen and oxygen atoms in total. The molecule has 29 heavy (non-hydrogen) atoms. The van der Waals surface area contributed by atoms with Crippen molar-refractivity contribution in [2.24, 2.45) is 0 Å². The van der Waals surface area contributed by atoms with Gasteiger partial charge in [0.25, 0.3) is 0 Å². The lowest BCUT2D eigenvalue weighted by molar-refractivity contribution is 0.173. The molecule has 2 aromatic rings. The van der Waals surface area contributed by atoms with Gasteiger partial charge in [-0.15, -0.1) is 0 Å². The summed E-state index contributed by atoms with van der Waals surface area (Å²) < 4.78 is 34.9. The second-order valence-electron chi connectivity index (χ2n) is 8.60. The van der Waals surface area contributed by atoms with Gasteiger partial charge in [-0.05, 0) is 67.0 Å². The molecule has 0 fully saturated rings. The monoisotopic (exact) mass is 413 g/mol. The fourth-order valence-electron chi connectivity index (χ4n) is 4.98. The number of nitrogens with zero attached hydrogens (tertiary/aromatic N) is 1. The third-order valence-electron chi connectivity index (χ3n) is 6.43. The van der Waals surface area contributed by atoms with E-state index >= 15 is 0 Å². The number of fused-ring (bicyclic) bond motifs is 4. The number of hydrogen-bond donors (Lipinski definition) is 0. The second-order valence-corrected chi connectivity index (χ2v) is 10.7. The lowest BCUT2D eigenvalue weighted by Gasteiger charge is -2.30. The second kappa shape index (κ2) is 7.33. The average molecular weight is 414 g/mol. The summed E-state index contributed by atoms with van der Waals surface area (Å²) in [6, 6.07) is 10.4. The minimum absolute atomic E-state index is 0.195. The van der Waals surface area contributed by atoms with Crippen LogP contribution in [0.5, 0.6) is 11.5 Å². The minimum atomic E-state index is -2.94. The van der Waals surface area contributed by atoms with Gasteiger partial charge in [-0.25, -0.2) is 8.42 Å². The maximum atomic E-state index is 11.8. The van der Waals surface area contributed by atoms with Crippen LogP contribution in [0.1, 0.15) is 46.6 Å². The number of hydrogen-bond acceptors (Lipinski definition) is 5. The Labute approximate surface area is 172 Å². The molecule has 5 rings (SSSR count). The molecule has 0 bridgehead atoms. The molecule has 2 aliphatic heterocycles. The standard InChI is InChI=1S/C23H27NO4S/c1-24(10-9-16-5-6-18-13-29(25,26)14-19(18)11-16)12-17-3-2-4-21-20(17)7-8-22-23(21)28-15-27-22/h5-8,11,17H,2-4,9-10,12-15H2,1H3/t17-/m0/s1. The van der Waals surface area contributed by atoms with Gasteiger partial charge >= 0.3 is 0 Å². The normalized spacial score (nSPS) is 21.2. The van der Waals surface area contributed by atoms with Gasteiger partial charge in [0, 0.05) is 18.7 Å². The Morgan fingerprint density at radius 2 is 1.97 bits per heavy atom. The topological polar surface area (TPSA) is 55.8 Å². The van der Waals surface area contributed by atoms with Crippen molar-refractivity contribution in [2.45, 2.75) is 43.1 Å². The zero-order valence-electron chi connectivity index (χ0n) is 16.8. The molecule has 0 radical (unpaired) electrons. The Bertz CT molecular complexity index is 1050. The predicted molar refractivity (Wildman–Crippen MR) is 112 cm³/mol. The van der Waals surface area contributed by atoms with E-state index in [1.165, 1.54) is 29.5 Å². The van der Waals surface area contributed by atoms with Crippen LogP contribution in [-0.4, -0.2) is 40.2 Å². The Kier molecular flexibility index (Phi) is 4.79. The Morgan fingerprint density at radius 3 is 2.86 bits per heavy atom. The van der Waals surface area contributed by atoms with Gasteiger partial charge in [0.15, 0.2) is 21.3 Å². The van der Waals surface area contributed by atoms with Crippen molar-refractivity contribution in [3.8, 4) is 11.5 Å². The molecular weight excluding hydrogens is 386 g/mol. The molecule has 0 aromatic heterocycles. The quantitative estimate of drug-likeness (QED) is 0.752. The fraction of sp³-hybridized carbons (Fsp3) is 0.478. The van der Waals surface area contributed by atoms with Crippen LogP contribution in [0, 0.1) is 0 Å². The first kappa shape index (κ1) is 18.9. The van der Waals surface area contributed by atoms with Crippen LogP contribution < -0.4 is 9.47 Å². The van der Waals surface area contributed by atoms with Crippen LogP contribution in [0.4, 0.5) is 0 Å². The highest BCUT2D eigenvalue weighted by atomic mass is 32.2. The van der Waals surface area contributed by atoms with Crippen molar-refractivity contribution in [1.29, 1.82) is 0 Å². The summed E-state index contributed by atoms with van der Waals surface area (Å²) in [5.41, 5.74) is 5.93. The first-order valence-corrected chi connectivity index (χ1v) is 12.2. The summed E-state index contributed by atoms with van der Waals surface area (Å²) in [4.78, 5) is 2.40. The largest absolute Gasteiger partial charge is 0.454 e. The summed E-state index contributed by atoms with van der Waals surface area (Å²) in [5, 5.41) is 0. The number of likely N-dealkylation sites (N-methyl/N-ethyl adjacent to an activating group) is 1. The fourth-order valence-corrected chi connectivity index (χ4v) is 6.58. The number of ether oxygens (including phenoxy) is 2. The Morgan fingerprint density at radius 1 is 1.10 bits per heavy atom. The zero-order valence-corrected chi connectivity index (χ0v) is 17.6. The molecule has 154 valence electrons. The van der Waals surface area contributed by atoms with Gasteiger partial charge in [0.1, 0.15) is 0 Å². The Balaban J connectivity index is 1.23. The number of rotatable bonds is 5. The van der Waals surface area contributed by atoms with E-state index in [1.807, 2.05) is 6.07 Å². The molecule has 0 N–H and O–H groups in total. The van der Waals surface area contributed by atoms with E-state index in [4.69, 9.17) is 9.47 Å². The minimum Gasteiger partial charge on any atom is -0.454 e. The van der Waals surface area contributed by atoms with Gasteiger partial charge in [-0.1, -0.05) is 24.3 Å². The SMILES string of the molecule is CN(CCc1ccc2c(c1)CS(=O)(=O)C2)C[C@@H]1CCCc2c1ccc1c2OCO1. The highest BCUT2D eigenvalue weighted by Crippen LogP contribution is 2.44. The van der Waals surface area contributed by atoms with Gasteiger partial charge in [0.2, 0.25) is 6.79 Å². The zero-order chi connectivity index (χ0) is 20.0. The van der Waals surface area contributed by atoms with Crippen LogP contribution in [0.15, 0.2) is 30.3 Å². The van der Waals surface area contributed by atoms with Gasteiger partial charge < -0.3 is 14.4 Å². The van der Waals surface area contributed by atoms with Crippen LogP contribution in [0.3, 0.4) is 0 Å². The van der Waals surface area contributed by atoms with Crippen molar-refractivity contribution < 1.29 is 17.9 Å². The van der Waals surface area contributed by atoms with E-state index < -0.39 is 9.84 Å². The lowest BCUT2D eigenvalue weighted by atomic mass is 9.82. The third kappa shape index (κ3) is 3.76. The smallest absolute Gasteiger partial charge is 0.231 e. The molecule has 0 saturated heterocycles. The maximum Gasteiger partial charge on any atom is 0.231 e. The van der Waals surface area contributed by atoms with Crippen molar-refractivity contribution in [3.63, 3.8) is 0 Å². The average Bonchev–Trinajstić information content (AvgIpc) is 3.28. The maximum absolute atomic E-state index is 11.8. The highest BCUT2D eigenvalue weighted by molar-refractivity contribution is 7.90. The summed E-state index contributed by atoms with van der Waals surface area (Å²) >= 11 is 0. The van der Waals surface area contributed by atoms with E-state index in [1.54, 1.807) is 0 Å². The molecule has 2 aromatic carbocycles. The molecule has 0 unspecified atom stereocenters. The van der Waals surface area contributed by atoms with Crippen LogP contribution in [-0.2, 0) is 34.2 Å². The molecule has 1 aliphatic carbocycles. The van der Waals surface area contributed by atoms with Gasteiger partial charge in [-0.2, -0.15) is 0 Å². The van der Waals surface area contributed by atoms with Crippen molar-refractivity contribution >= 4 is 9.84 Å². The Hall–Kier alpha value is -2.05. The lowest BCUT2D eigenvalue weighted by Crippen LogP contribution is -2.28. The first-order chi connectivity index (χ1) is 14.0. The van der Waals surface area contributed by atoms with Crippen LogP contribution in [0.25, 0.3) is 0 Å². The molecule has 6 heteroatoms. The van der Waals surface area contributed by atoms with Gasteiger partial charge in [0.05, 0.1) is 11.5 Å². The van der Waals surface area contributed by atoms with Crippen molar-refractivity contribution in [2.75, 3.05) is 26.9 Å². The number of benzene rings is 2. The van der Waals surface area contributed by atoms with Crippen molar-refractivity contribution in [3.05, 3.63) is 58.1 Å². The van der Waals surface area contributed by atoms with E-state index in [0.29, 0.717) is 12.7 Å². The molecule has 0 amide bonds. The summed E-state index contributed by atoms with van der Waals surface area (Å²) in [5.74, 6) is 2.76. The van der Waals surface area contributed by atoms with E-state index in [-0.39, 0.29) is 11.5 Å². The molecular formula is C23H27NO4S. The van der Waals surface area contributed by atoms with E-state index in [9.17, 15) is 8.42 Å². The molecule has 3 aliphatic rings. The summed E-state index contributed by atoms with van der Waals surface area (Å²) in [6.45, 7) is 2.31. The van der Waals surface area contributed by atoms with Crippen molar-refractivity contribution in [1.82, 2.24) is 4.90 Å². The molecule has 0 spiro atoms. The van der Waals surface area contributed by atoms with E-state index in [2.05, 4.69) is 36.2 Å². The predicted octanol–water partition coefficient (Wildman–Crippen LogP) is 3.44. The summed E-state index contributed by atoms with van der Waals surface area (Å²) in [6.07, 6.45) is 4.39. The third-order valence-corrected chi connectivity index (χ3v) is 7.93. The summed E-state index contributed by atoms with van der Waals surface area (Å²) in [7, 11) is -0.755. The van der Waals surface area contributed by atoms with Crippen LogP contribution in [0.2, 0.25) is 0 Å². The molecule has 0 saturated carbocycles. The first-order valence-electron chi connectivity index (χ1n) is 10.4. The number of sulfone groups is 1. The highest BCUT2D eigenvalue weighted by Gasteiger charge is 2.28. The van der Waals surface area contributed by atoms with Crippen LogP contribution >= 0.6 is 0 Å². The van der Waals surface area contributed by atoms with E-state index in [0.717, 1.165) is 48.6 Å². The van der Waals surface area contributed by atoms with Gasteiger partial charge in [-0.3, -0.25) is 0 Å².